The van der Waals surface area contributed by atoms with Crippen LogP contribution in [0.3, 0.4) is 0 Å². The summed E-state index contributed by atoms with van der Waals surface area (Å²) in [4.78, 5) is 13.9. The Hall–Kier alpha value is -1.59. The predicted octanol–water partition coefficient (Wildman–Crippen LogP) is 1.52. The van der Waals surface area contributed by atoms with Crippen molar-refractivity contribution in [2.75, 3.05) is 20.1 Å². The van der Waals surface area contributed by atoms with Gasteiger partial charge in [0.2, 0.25) is 5.91 Å². The fourth-order valence-corrected chi connectivity index (χ4v) is 2.44. The molecule has 1 aliphatic heterocycles. The van der Waals surface area contributed by atoms with E-state index in [9.17, 15) is 9.90 Å². The van der Waals surface area contributed by atoms with Gasteiger partial charge in [0.05, 0.1) is 18.4 Å². The molecule has 0 spiro atoms. The van der Waals surface area contributed by atoms with Gasteiger partial charge in [-0.05, 0) is 39.3 Å². The van der Waals surface area contributed by atoms with Crippen LogP contribution in [0.4, 0.5) is 0 Å². The van der Waals surface area contributed by atoms with Crippen LogP contribution < -0.4 is 5.32 Å². The lowest BCUT2D eigenvalue weighted by Crippen LogP contribution is -2.41. The van der Waals surface area contributed by atoms with Gasteiger partial charge in [-0.25, -0.2) is 0 Å². The molecule has 1 amide bonds. The number of aliphatic hydroxyl groups excluding tert-OH is 2. The topological polar surface area (TPSA) is 72.8 Å². The molecule has 1 fully saturated rings. The Morgan fingerprint density at radius 1 is 1.48 bits per heavy atom. The zero-order chi connectivity index (χ0) is 15.7. The van der Waals surface area contributed by atoms with E-state index >= 15 is 0 Å². The van der Waals surface area contributed by atoms with Crippen molar-refractivity contribution < 1.29 is 15.0 Å². The van der Waals surface area contributed by atoms with Crippen molar-refractivity contribution in [2.24, 2.45) is 0 Å². The van der Waals surface area contributed by atoms with Crippen molar-refractivity contribution in [1.82, 2.24) is 10.2 Å². The lowest BCUT2D eigenvalue weighted by atomic mass is 10.1. The molecule has 5 heteroatoms. The quantitative estimate of drug-likeness (QED) is 0.378. The van der Waals surface area contributed by atoms with Crippen LogP contribution in [0.25, 0.3) is 0 Å². The Morgan fingerprint density at radius 3 is 2.81 bits per heavy atom. The van der Waals surface area contributed by atoms with E-state index in [0.717, 1.165) is 24.7 Å². The van der Waals surface area contributed by atoms with Gasteiger partial charge >= 0.3 is 0 Å². The van der Waals surface area contributed by atoms with Crippen LogP contribution in [-0.4, -0.2) is 53.3 Å². The summed E-state index contributed by atoms with van der Waals surface area (Å²) in [5.74, 6) is -0.0304. The Balaban J connectivity index is 2.41. The highest BCUT2D eigenvalue weighted by Crippen LogP contribution is 2.15. The summed E-state index contributed by atoms with van der Waals surface area (Å²) in [5, 5.41) is 21.2. The van der Waals surface area contributed by atoms with Crippen molar-refractivity contribution in [3.8, 4) is 0 Å². The van der Waals surface area contributed by atoms with E-state index in [1.54, 1.807) is 6.08 Å². The normalized spacial score (nSPS) is 24.2. The Bertz CT molecular complexity index is 416. The minimum absolute atomic E-state index is 0.0304. The summed E-state index contributed by atoms with van der Waals surface area (Å²) >= 11 is 0. The van der Waals surface area contributed by atoms with Gasteiger partial charge in [-0.3, -0.25) is 9.69 Å². The number of carbonyl (C=O) groups is 1. The van der Waals surface area contributed by atoms with E-state index in [1.807, 2.05) is 37.1 Å². The minimum Gasteiger partial charge on any atom is -0.516 e. The number of aliphatic hydroxyl groups is 2. The Morgan fingerprint density at radius 2 is 2.24 bits per heavy atom. The second-order valence-electron chi connectivity index (χ2n) is 5.33. The highest BCUT2D eigenvalue weighted by atomic mass is 16.3. The van der Waals surface area contributed by atoms with Crippen LogP contribution in [0, 0.1) is 0 Å². The molecule has 3 N–H and O–H groups in total. The maximum Gasteiger partial charge on any atom is 0.237 e. The number of β-amino-alcohol motifs (C(OH)–C–C–N with tert-alkyl or cyclic N) is 1. The van der Waals surface area contributed by atoms with E-state index < -0.39 is 6.10 Å². The van der Waals surface area contributed by atoms with Crippen molar-refractivity contribution in [1.29, 1.82) is 0 Å². The highest BCUT2D eigenvalue weighted by molar-refractivity contribution is 5.82. The van der Waals surface area contributed by atoms with Crippen LogP contribution >= 0.6 is 0 Å². The Kier molecular flexibility index (Phi) is 7.79. The molecule has 118 valence electrons. The predicted molar refractivity (Wildman–Crippen MR) is 84.0 cm³/mol. The first-order valence-corrected chi connectivity index (χ1v) is 7.34. The van der Waals surface area contributed by atoms with Crippen molar-refractivity contribution in [2.45, 2.75) is 38.3 Å². The van der Waals surface area contributed by atoms with Gasteiger partial charge in [-0.2, -0.15) is 0 Å². The molecule has 0 aliphatic carbocycles. The molecule has 1 aliphatic rings. The zero-order valence-electron chi connectivity index (χ0n) is 12.8. The molecule has 0 aromatic rings. The molecule has 1 rings (SSSR count). The molecule has 0 radical (unpaired) electrons. The average molecular weight is 294 g/mol. The Labute approximate surface area is 126 Å². The lowest BCUT2D eigenvalue weighted by molar-refractivity contribution is -0.125. The van der Waals surface area contributed by atoms with E-state index in [1.165, 1.54) is 0 Å². The minimum atomic E-state index is -0.411. The van der Waals surface area contributed by atoms with Crippen LogP contribution in [0.15, 0.2) is 36.1 Å². The third-order valence-corrected chi connectivity index (χ3v) is 3.61. The number of carbonyl (C=O) groups excluding carboxylic acids is 1. The van der Waals surface area contributed by atoms with Gasteiger partial charge in [0.15, 0.2) is 0 Å². The summed E-state index contributed by atoms with van der Waals surface area (Å²) in [5.41, 5.74) is 1.14. The second-order valence-corrected chi connectivity index (χ2v) is 5.33. The number of nitrogens with zero attached hydrogens (tertiary/aromatic N) is 1. The molecular formula is C16H26N2O3. The molecule has 5 nitrogen and oxygen atoms in total. The van der Waals surface area contributed by atoms with Gasteiger partial charge < -0.3 is 15.5 Å². The van der Waals surface area contributed by atoms with Gasteiger partial charge in [-0.15, -0.1) is 0 Å². The summed E-state index contributed by atoms with van der Waals surface area (Å²) in [7, 11) is 1.85. The highest BCUT2D eigenvalue weighted by Gasteiger charge is 2.32. The molecule has 0 aromatic heterocycles. The first-order valence-electron chi connectivity index (χ1n) is 7.34. The van der Waals surface area contributed by atoms with E-state index in [-0.39, 0.29) is 11.9 Å². The molecule has 0 saturated carbocycles. The third kappa shape index (κ3) is 6.14. The molecule has 1 saturated heterocycles. The molecule has 0 aromatic carbocycles. The van der Waals surface area contributed by atoms with Crippen molar-refractivity contribution in [3.05, 3.63) is 36.1 Å². The monoisotopic (exact) mass is 294 g/mol. The SMILES string of the molecule is C/C=C\C/C(=C\C=C\O)CCNC(=O)C1C[C@@H](O)CN1C. The summed E-state index contributed by atoms with van der Waals surface area (Å²) in [6.45, 7) is 3.07. The number of hydrogen-bond donors (Lipinski definition) is 3. The van der Waals surface area contributed by atoms with Gasteiger partial charge in [-0.1, -0.05) is 23.8 Å². The van der Waals surface area contributed by atoms with Crippen molar-refractivity contribution >= 4 is 5.91 Å². The molecule has 1 heterocycles. The number of allylic oxidation sites excluding steroid dienone is 4. The molecule has 1 unspecified atom stereocenters. The van der Waals surface area contributed by atoms with E-state index in [2.05, 4.69) is 5.32 Å². The van der Waals surface area contributed by atoms with Crippen LogP contribution in [0.5, 0.6) is 0 Å². The standard InChI is InChI=1S/C16H26N2O3/c1-3-4-6-13(7-5-10-19)8-9-17-16(21)15-11-14(20)12-18(15)2/h3-5,7,10,14-15,19-20H,6,8-9,11-12H2,1-2H3,(H,17,21)/b4-3-,10-5+,13-7+/t14-,15?/m1/s1. The number of amides is 1. The first kappa shape index (κ1) is 17.5. The van der Waals surface area contributed by atoms with Gasteiger partial charge in [0.1, 0.15) is 0 Å². The molecule has 0 bridgehead atoms. The summed E-state index contributed by atoms with van der Waals surface area (Å²) < 4.78 is 0. The fourth-order valence-electron chi connectivity index (χ4n) is 2.44. The average Bonchev–Trinajstić information content (AvgIpc) is 2.80. The molecule has 21 heavy (non-hydrogen) atoms. The number of likely N-dealkylation sites (N-methyl/N-ethyl adjacent to an activating group) is 1. The first-order chi connectivity index (χ1) is 10.1. The fraction of sp³-hybridized carbons (Fsp3) is 0.562. The third-order valence-electron chi connectivity index (χ3n) is 3.61. The maximum atomic E-state index is 12.1. The smallest absolute Gasteiger partial charge is 0.237 e. The summed E-state index contributed by atoms with van der Waals surface area (Å²) in [6, 6.07) is -0.236. The van der Waals surface area contributed by atoms with Crippen LogP contribution in [0.2, 0.25) is 0 Å². The van der Waals surface area contributed by atoms with Crippen LogP contribution in [0.1, 0.15) is 26.2 Å². The lowest BCUT2D eigenvalue weighted by Gasteiger charge is -2.18. The second kappa shape index (κ2) is 9.37. The number of rotatable bonds is 7. The van der Waals surface area contributed by atoms with E-state index in [4.69, 9.17) is 5.11 Å². The van der Waals surface area contributed by atoms with Gasteiger partial charge in [0, 0.05) is 13.1 Å². The maximum absolute atomic E-state index is 12.1. The largest absolute Gasteiger partial charge is 0.516 e. The van der Waals surface area contributed by atoms with Gasteiger partial charge in [0.25, 0.3) is 0 Å². The van der Waals surface area contributed by atoms with E-state index in [0.29, 0.717) is 19.5 Å². The molecule has 2 atom stereocenters. The summed E-state index contributed by atoms with van der Waals surface area (Å²) in [6.07, 6.45) is 10.1. The number of hydrogen-bond acceptors (Lipinski definition) is 4. The number of nitrogens with one attached hydrogen (secondary N) is 1. The molecular weight excluding hydrogens is 268 g/mol. The van der Waals surface area contributed by atoms with Crippen molar-refractivity contribution in [3.63, 3.8) is 0 Å². The number of likely N-dealkylation sites (tertiary alicyclic amines) is 1. The van der Waals surface area contributed by atoms with Crippen LogP contribution in [-0.2, 0) is 4.79 Å². The zero-order valence-corrected chi connectivity index (χ0v) is 12.8.